The van der Waals surface area contributed by atoms with Gasteiger partial charge >= 0.3 is 6.03 Å². The topological polar surface area (TPSA) is 58.2 Å². The monoisotopic (exact) mass is 192 g/mol. The number of thiol groups is 2. The van der Waals surface area contributed by atoms with Gasteiger partial charge in [-0.3, -0.25) is 10.1 Å². The molecule has 1 aliphatic heterocycles. The van der Waals surface area contributed by atoms with Crippen LogP contribution in [0, 0.1) is 0 Å². The van der Waals surface area contributed by atoms with E-state index in [0.717, 1.165) is 0 Å². The van der Waals surface area contributed by atoms with E-state index in [4.69, 9.17) is 0 Å². The van der Waals surface area contributed by atoms with Gasteiger partial charge in [0.2, 0.25) is 0 Å². The molecule has 3 amide bonds. The smallest absolute Gasteiger partial charge is 0.322 e. The summed E-state index contributed by atoms with van der Waals surface area (Å²) in [5.74, 6) is 0.162. The molecule has 62 valence electrons. The summed E-state index contributed by atoms with van der Waals surface area (Å²) < 4.78 is 0. The molecule has 1 fully saturated rings. The molecule has 0 radical (unpaired) electrons. The van der Waals surface area contributed by atoms with Gasteiger partial charge in [0.25, 0.3) is 5.91 Å². The molecular formula is C5H8N2O2S2. The molecule has 0 atom stereocenters. The van der Waals surface area contributed by atoms with Gasteiger partial charge in [-0.25, -0.2) is 4.79 Å². The van der Waals surface area contributed by atoms with Crippen LogP contribution >= 0.6 is 25.3 Å². The third-order valence-electron chi connectivity index (χ3n) is 1.55. The highest BCUT2D eigenvalue weighted by Crippen LogP contribution is 2.13. The maximum Gasteiger partial charge on any atom is 0.322 e. The Hall–Kier alpha value is -0.360. The van der Waals surface area contributed by atoms with Crippen molar-refractivity contribution in [2.24, 2.45) is 0 Å². The Morgan fingerprint density at radius 2 is 1.82 bits per heavy atom. The van der Waals surface area contributed by atoms with Crippen LogP contribution in [-0.4, -0.2) is 29.0 Å². The second kappa shape index (κ2) is 2.94. The summed E-state index contributed by atoms with van der Waals surface area (Å²) in [5.41, 5.74) is -0.913. The summed E-state index contributed by atoms with van der Waals surface area (Å²) in [4.78, 5) is 21.8. The van der Waals surface area contributed by atoms with Gasteiger partial charge in [-0.15, -0.1) is 0 Å². The fourth-order valence-electron chi connectivity index (χ4n) is 0.801. The molecule has 1 aliphatic rings. The van der Waals surface area contributed by atoms with Gasteiger partial charge in [0, 0.05) is 11.5 Å². The lowest BCUT2D eigenvalue weighted by Gasteiger charge is -2.20. The van der Waals surface area contributed by atoms with Crippen molar-refractivity contribution in [2.75, 3.05) is 11.5 Å². The third kappa shape index (κ3) is 1.32. The van der Waals surface area contributed by atoms with E-state index >= 15 is 0 Å². The molecule has 4 nitrogen and oxygen atoms in total. The van der Waals surface area contributed by atoms with Crippen molar-refractivity contribution in [3.05, 3.63) is 0 Å². The first-order valence-electron chi connectivity index (χ1n) is 3.00. The van der Waals surface area contributed by atoms with Crippen LogP contribution in [-0.2, 0) is 4.79 Å². The Balaban J connectivity index is 2.84. The van der Waals surface area contributed by atoms with Gasteiger partial charge in [-0.05, 0) is 0 Å². The lowest BCUT2D eigenvalue weighted by molar-refractivity contribution is -0.122. The van der Waals surface area contributed by atoms with Crippen molar-refractivity contribution in [1.82, 2.24) is 10.6 Å². The number of rotatable bonds is 2. The van der Waals surface area contributed by atoms with Crippen LogP contribution < -0.4 is 10.6 Å². The highest BCUT2D eigenvalue weighted by Gasteiger charge is 2.43. The number of imide groups is 1. The Kier molecular flexibility index (Phi) is 2.34. The molecule has 0 aliphatic carbocycles. The molecule has 2 N–H and O–H groups in total. The molecule has 0 unspecified atom stereocenters. The van der Waals surface area contributed by atoms with E-state index in [-0.39, 0.29) is 17.4 Å². The number of nitrogens with one attached hydrogen (secondary N) is 2. The molecule has 0 saturated carbocycles. The summed E-state index contributed by atoms with van der Waals surface area (Å²) in [7, 11) is 0. The Labute approximate surface area is 74.9 Å². The summed E-state index contributed by atoms with van der Waals surface area (Å²) >= 11 is 7.91. The fraction of sp³-hybridized carbons (Fsp3) is 0.600. The van der Waals surface area contributed by atoms with E-state index in [1.165, 1.54) is 0 Å². The molecule has 1 heterocycles. The predicted octanol–water partition coefficient (Wildman–Crippen LogP) is -0.576. The van der Waals surface area contributed by atoms with Gasteiger partial charge in [-0.2, -0.15) is 25.3 Å². The average Bonchev–Trinajstić information content (AvgIpc) is 2.27. The minimum Gasteiger partial charge on any atom is -0.322 e. The standard InChI is InChI=1S/C5H8N2O2S2/c8-3-5(1-10,2-11)7-4(9)6-3/h10-11H,1-2H2,(H2,6,7,8,9). The van der Waals surface area contributed by atoms with Gasteiger partial charge in [-0.1, -0.05) is 0 Å². The molecule has 0 aromatic heterocycles. The maximum atomic E-state index is 11.1. The summed E-state index contributed by atoms with van der Waals surface area (Å²) in [6, 6.07) is -0.474. The first kappa shape index (κ1) is 8.73. The zero-order valence-electron chi connectivity index (χ0n) is 5.63. The molecule has 1 saturated heterocycles. The molecule has 11 heavy (non-hydrogen) atoms. The minimum absolute atomic E-state index is 0.258. The largest absolute Gasteiger partial charge is 0.322 e. The quantitative estimate of drug-likeness (QED) is 0.350. The first-order chi connectivity index (χ1) is 5.14. The molecule has 0 bridgehead atoms. The Bertz CT molecular complexity index is 203. The van der Waals surface area contributed by atoms with Crippen LogP contribution in [0.5, 0.6) is 0 Å². The number of carbonyl (C=O) groups is 2. The molecule has 0 spiro atoms. The first-order valence-corrected chi connectivity index (χ1v) is 4.26. The number of urea groups is 1. The van der Waals surface area contributed by atoms with Crippen molar-refractivity contribution in [3.63, 3.8) is 0 Å². The van der Waals surface area contributed by atoms with E-state index in [1.807, 2.05) is 0 Å². The van der Waals surface area contributed by atoms with Crippen molar-refractivity contribution >= 4 is 37.2 Å². The Morgan fingerprint density at radius 3 is 2.00 bits per heavy atom. The summed E-state index contributed by atoms with van der Waals surface area (Å²) in [6.45, 7) is 0. The number of amides is 3. The van der Waals surface area contributed by atoms with Crippen LogP contribution in [0.1, 0.15) is 0 Å². The minimum atomic E-state index is -0.913. The number of carbonyl (C=O) groups excluding carboxylic acids is 2. The van der Waals surface area contributed by atoms with Crippen LogP contribution in [0.25, 0.3) is 0 Å². The van der Waals surface area contributed by atoms with E-state index in [0.29, 0.717) is 0 Å². The van der Waals surface area contributed by atoms with Gasteiger partial charge in [0.1, 0.15) is 5.54 Å². The van der Waals surface area contributed by atoms with E-state index in [9.17, 15) is 9.59 Å². The van der Waals surface area contributed by atoms with Crippen molar-refractivity contribution in [3.8, 4) is 0 Å². The molecule has 0 aromatic carbocycles. The number of hydrogen-bond acceptors (Lipinski definition) is 4. The SMILES string of the molecule is O=C1NC(=O)C(CS)(CS)N1. The second-order valence-electron chi connectivity index (χ2n) is 2.31. The van der Waals surface area contributed by atoms with E-state index < -0.39 is 11.6 Å². The zero-order chi connectivity index (χ0) is 8.48. The third-order valence-corrected chi connectivity index (χ3v) is 2.63. The van der Waals surface area contributed by atoms with Gasteiger partial charge in [0.05, 0.1) is 0 Å². The second-order valence-corrected chi connectivity index (χ2v) is 2.94. The van der Waals surface area contributed by atoms with E-state index in [1.54, 1.807) is 0 Å². The van der Waals surface area contributed by atoms with E-state index in [2.05, 4.69) is 35.9 Å². The molecule has 6 heteroatoms. The Morgan fingerprint density at radius 1 is 1.27 bits per heavy atom. The molecular weight excluding hydrogens is 184 g/mol. The molecule has 1 rings (SSSR count). The highest BCUT2D eigenvalue weighted by molar-refractivity contribution is 7.81. The van der Waals surface area contributed by atoms with Gasteiger partial charge in [0.15, 0.2) is 0 Å². The number of hydrogen-bond donors (Lipinski definition) is 4. The van der Waals surface area contributed by atoms with Crippen LogP contribution in [0.4, 0.5) is 4.79 Å². The highest BCUT2D eigenvalue weighted by atomic mass is 32.1. The zero-order valence-corrected chi connectivity index (χ0v) is 7.41. The fourth-order valence-corrected chi connectivity index (χ4v) is 1.65. The molecule has 0 aromatic rings. The summed E-state index contributed by atoms with van der Waals surface area (Å²) in [5, 5.41) is 4.59. The predicted molar refractivity (Wildman–Crippen MR) is 47.1 cm³/mol. The van der Waals surface area contributed by atoms with Crippen LogP contribution in [0.15, 0.2) is 0 Å². The van der Waals surface area contributed by atoms with Gasteiger partial charge < -0.3 is 5.32 Å². The van der Waals surface area contributed by atoms with Crippen molar-refractivity contribution < 1.29 is 9.59 Å². The lowest BCUT2D eigenvalue weighted by Crippen LogP contribution is -2.50. The lowest BCUT2D eigenvalue weighted by atomic mass is 10.1. The normalized spacial score (nSPS) is 21.3. The van der Waals surface area contributed by atoms with Crippen LogP contribution in [0.3, 0.4) is 0 Å². The van der Waals surface area contributed by atoms with Crippen molar-refractivity contribution in [1.29, 1.82) is 0 Å². The maximum absolute atomic E-state index is 11.1. The van der Waals surface area contributed by atoms with Crippen molar-refractivity contribution in [2.45, 2.75) is 5.54 Å². The van der Waals surface area contributed by atoms with Crippen LogP contribution in [0.2, 0.25) is 0 Å². The average molecular weight is 192 g/mol. The summed E-state index contributed by atoms with van der Waals surface area (Å²) in [6.07, 6.45) is 0.